The van der Waals surface area contributed by atoms with Crippen molar-refractivity contribution in [3.05, 3.63) is 53.2 Å². The van der Waals surface area contributed by atoms with E-state index in [4.69, 9.17) is 9.72 Å². The molecule has 0 aliphatic carbocycles. The Balaban J connectivity index is 1.23. The lowest BCUT2D eigenvalue weighted by Crippen LogP contribution is -2.46. The highest BCUT2D eigenvalue weighted by Gasteiger charge is 2.31. The van der Waals surface area contributed by atoms with Crippen molar-refractivity contribution in [2.45, 2.75) is 64.0 Å². The number of anilines is 1. The maximum atomic E-state index is 12.5. The molecule has 1 atom stereocenters. The van der Waals surface area contributed by atoms with E-state index in [1.165, 1.54) is 5.56 Å². The van der Waals surface area contributed by atoms with Crippen molar-refractivity contribution in [1.82, 2.24) is 15.2 Å². The second-order valence-electron chi connectivity index (χ2n) is 9.33. The summed E-state index contributed by atoms with van der Waals surface area (Å²) in [6.45, 7) is 4.15. The van der Waals surface area contributed by atoms with E-state index in [1.54, 1.807) is 14.0 Å². The quantitative estimate of drug-likeness (QED) is 0.589. The highest BCUT2D eigenvalue weighted by molar-refractivity contribution is 5.83. The number of Topliss-reactive ketones (excluding diaryl/α,β-unsaturated/α-hetero) is 1. The molecule has 0 bridgehead atoms. The standard InChI is InChI=1S/C27H36N4O3/c1-19(32)26(23-9-3-4-10-24(23)34-2)31-17-14-22(15-18-31)29-25(33)11-5-8-21-13-12-20-7-6-16-28-27(20)30-21/h3-4,9-10,12-13,22,26H,5-8,11,14-18H2,1-2H3,(H,28,30)(H,29,33). The van der Waals surface area contributed by atoms with Crippen molar-refractivity contribution in [1.29, 1.82) is 0 Å². The molecule has 3 heterocycles. The van der Waals surface area contributed by atoms with Gasteiger partial charge in [-0.25, -0.2) is 4.98 Å². The summed E-state index contributed by atoms with van der Waals surface area (Å²) in [5.74, 6) is 1.96. The predicted molar refractivity (Wildman–Crippen MR) is 133 cm³/mol. The number of fused-ring (bicyclic) bond motifs is 1. The average molecular weight is 465 g/mol. The van der Waals surface area contributed by atoms with Crippen LogP contribution in [0.2, 0.25) is 0 Å². The van der Waals surface area contributed by atoms with Gasteiger partial charge in [0.25, 0.3) is 0 Å². The molecule has 7 nitrogen and oxygen atoms in total. The Hall–Kier alpha value is -2.93. The third-order valence-corrected chi connectivity index (χ3v) is 6.87. The predicted octanol–water partition coefficient (Wildman–Crippen LogP) is 3.68. The first-order chi connectivity index (χ1) is 16.5. The molecule has 2 aliphatic heterocycles. The minimum Gasteiger partial charge on any atom is -0.496 e. The summed E-state index contributed by atoms with van der Waals surface area (Å²) in [4.78, 5) is 32.0. The molecule has 7 heteroatoms. The van der Waals surface area contributed by atoms with Crippen LogP contribution in [0.4, 0.5) is 5.82 Å². The molecule has 34 heavy (non-hydrogen) atoms. The number of pyridine rings is 1. The van der Waals surface area contributed by atoms with E-state index >= 15 is 0 Å². The fourth-order valence-corrected chi connectivity index (χ4v) is 5.11. The van der Waals surface area contributed by atoms with Crippen LogP contribution >= 0.6 is 0 Å². The number of aromatic nitrogens is 1. The number of methoxy groups -OCH3 is 1. The molecule has 2 aliphatic rings. The number of aryl methyl sites for hydroxylation is 2. The van der Waals surface area contributed by atoms with Gasteiger partial charge in [-0.2, -0.15) is 0 Å². The zero-order chi connectivity index (χ0) is 23.9. The number of para-hydroxylation sites is 1. The van der Waals surface area contributed by atoms with Gasteiger partial charge in [0.2, 0.25) is 5.91 Å². The molecule has 1 saturated heterocycles. The number of rotatable bonds is 9. The second-order valence-corrected chi connectivity index (χ2v) is 9.33. The fourth-order valence-electron chi connectivity index (χ4n) is 5.11. The topological polar surface area (TPSA) is 83.6 Å². The summed E-state index contributed by atoms with van der Waals surface area (Å²) in [7, 11) is 1.64. The van der Waals surface area contributed by atoms with Crippen LogP contribution in [0.25, 0.3) is 0 Å². The summed E-state index contributed by atoms with van der Waals surface area (Å²) >= 11 is 0. The molecular weight excluding hydrogens is 428 g/mol. The lowest BCUT2D eigenvalue weighted by molar-refractivity contribution is -0.124. The third-order valence-electron chi connectivity index (χ3n) is 6.87. The van der Waals surface area contributed by atoms with Crippen LogP contribution < -0.4 is 15.4 Å². The Morgan fingerprint density at radius 1 is 1.21 bits per heavy atom. The van der Waals surface area contributed by atoms with Gasteiger partial charge in [0.15, 0.2) is 5.78 Å². The number of carbonyl (C=O) groups excluding carboxylic acids is 2. The number of hydrogen-bond donors (Lipinski definition) is 2. The van der Waals surface area contributed by atoms with Crippen molar-refractivity contribution in [2.75, 3.05) is 32.1 Å². The minimum atomic E-state index is -0.314. The Kier molecular flexibility index (Phi) is 8.16. The van der Waals surface area contributed by atoms with Crippen molar-refractivity contribution in [3.63, 3.8) is 0 Å². The number of ether oxygens (including phenoxy) is 1. The maximum Gasteiger partial charge on any atom is 0.220 e. The highest BCUT2D eigenvalue weighted by atomic mass is 16.5. The number of amides is 1. The average Bonchev–Trinajstić information content (AvgIpc) is 2.85. The summed E-state index contributed by atoms with van der Waals surface area (Å²) in [6, 6.07) is 11.8. The van der Waals surface area contributed by atoms with Gasteiger partial charge in [-0.15, -0.1) is 0 Å². The monoisotopic (exact) mass is 464 g/mol. The number of piperidine rings is 1. The molecule has 2 N–H and O–H groups in total. The Morgan fingerprint density at radius 2 is 2.00 bits per heavy atom. The van der Waals surface area contributed by atoms with Crippen LogP contribution in [0.15, 0.2) is 36.4 Å². The Morgan fingerprint density at radius 3 is 2.76 bits per heavy atom. The van der Waals surface area contributed by atoms with Crippen LogP contribution in [-0.4, -0.2) is 54.4 Å². The van der Waals surface area contributed by atoms with E-state index in [1.807, 2.05) is 24.3 Å². The number of benzene rings is 1. The van der Waals surface area contributed by atoms with Crippen LogP contribution in [0.1, 0.15) is 61.9 Å². The molecular formula is C27H36N4O3. The molecule has 1 aromatic heterocycles. The first-order valence-electron chi connectivity index (χ1n) is 12.4. The van der Waals surface area contributed by atoms with E-state index in [9.17, 15) is 9.59 Å². The third kappa shape index (κ3) is 5.95. The minimum absolute atomic E-state index is 0.0994. The molecule has 4 rings (SSSR count). The van der Waals surface area contributed by atoms with Crippen LogP contribution in [0, 0.1) is 0 Å². The number of nitrogens with zero attached hydrogens (tertiary/aromatic N) is 2. The Labute approximate surface area is 202 Å². The van der Waals surface area contributed by atoms with Crippen molar-refractivity contribution < 1.29 is 14.3 Å². The van der Waals surface area contributed by atoms with E-state index in [2.05, 4.69) is 27.7 Å². The van der Waals surface area contributed by atoms with Gasteiger partial charge in [-0.05, 0) is 63.1 Å². The smallest absolute Gasteiger partial charge is 0.220 e. The van der Waals surface area contributed by atoms with Crippen LogP contribution in [0.5, 0.6) is 5.75 Å². The van der Waals surface area contributed by atoms with Crippen molar-refractivity contribution in [2.24, 2.45) is 0 Å². The Bertz CT molecular complexity index is 1000. The number of ketones is 1. The molecule has 0 radical (unpaired) electrons. The SMILES string of the molecule is COc1ccccc1C(C(C)=O)N1CCC(NC(=O)CCCc2ccc3c(n2)NCCC3)CC1. The largest absolute Gasteiger partial charge is 0.496 e. The van der Waals surface area contributed by atoms with E-state index in [-0.39, 0.29) is 23.8 Å². The molecule has 2 aromatic rings. The van der Waals surface area contributed by atoms with E-state index in [0.717, 1.165) is 81.0 Å². The van der Waals surface area contributed by atoms with Gasteiger partial charge in [0.1, 0.15) is 11.6 Å². The first kappa shape index (κ1) is 24.2. The summed E-state index contributed by atoms with van der Waals surface area (Å²) in [5.41, 5.74) is 3.24. The van der Waals surface area contributed by atoms with Crippen LogP contribution in [-0.2, 0) is 22.4 Å². The fraction of sp³-hybridized carbons (Fsp3) is 0.519. The zero-order valence-corrected chi connectivity index (χ0v) is 20.3. The van der Waals surface area contributed by atoms with E-state index in [0.29, 0.717) is 6.42 Å². The summed E-state index contributed by atoms with van der Waals surface area (Å²) in [5, 5.41) is 6.57. The van der Waals surface area contributed by atoms with Gasteiger partial charge in [0.05, 0.1) is 13.2 Å². The van der Waals surface area contributed by atoms with Gasteiger partial charge in [0, 0.05) is 43.4 Å². The maximum absolute atomic E-state index is 12.5. The number of nitrogens with one attached hydrogen (secondary N) is 2. The lowest BCUT2D eigenvalue weighted by Gasteiger charge is -2.37. The summed E-state index contributed by atoms with van der Waals surface area (Å²) < 4.78 is 5.49. The van der Waals surface area contributed by atoms with Crippen molar-refractivity contribution >= 4 is 17.5 Å². The molecule has 0 spiro atoms. The molecule has 0 saturated carbocycles. The number of likely N-dealkylation sites (tertiary alicyclic amines) is 1. The van der Waals surface area contributed by atoms with Gasteiger partial charge < -0.3 is 15.4 Å². The zero-order valence-electron chi connectivity index (χ0n) is 20.3. The van der Waals surface area contributed by atoms with Crippen molar-refractivity contribution in [3.8, 4) is 5.75 Å². The molecule has 1 amide bonds. The van der Waals surface area contributed by atoms with Gasteiger partial charge >= 0.3 is 0 Å². The van der Waals surface area contributed by atoms with Gasteiger partial charge in [-0.3, -0.25) is 14.5 Å². The van der Waals surface area contributed by atoms with Gasteiger partial charge in [-0.1, -0.05) is 24.3 Å². The molecule has 182 valence electrons. The second kappa shape index (κ2) is 11.5. The molecule has 1 fully saturated rings. The first-order valence-corrected chi connectivity index (χ1v) is 12.4. The summed E-state index contributed by atoms with van der Waals surface area (Å²) in [6.07, 6.45) is 6.01. The highest BCUT2D eigenvalue weighted by Crippen LogP contribution is 2.32. The van der Waals surface area contributed by atoms with E-state index < -0.39 is 0 Å². The molecule has 1 aromatic carbocycles. The van der Waals surface area contributed by atoms with Crippen LogP contribution in [0.3, 0.4) is 0 Å². The number of carbonyl (C=O) groups is 2. The molecule has 1 unspecified atom stereocenters. The number of hydrogen-bond acceptors (Lipinski definition) is 6. The lowest BCUT2D eigenvalue weighted by atomic mass is 9.96. The normalized spacial score (nSPS) is 17.4.